The van der Waals surface area contributed by atoms with Gasteiger partial charge in [0.1, 0.15) is 18.6 Å². The molecule has 0 saturated heterocycles. The summed E-state index contributed by atoms with van der Waals surface area (Å²) in [6.45, 7) is 0.225. The van der Waals surface area contributed by atoms with E-state index in [0.29, 0.717) is 11.8 Å². The Bertz CT molecular complexity index is 564. The Kier molecular flexibility index (Phi) is 4.13. The predicted octanol–water partition coefficient (Wildman–Crippen LogP) is 3.23. The molecule has 0 radical (unpaired) electrons. The van der Waals surface area contributed by atoms with Gasteiger partial charge in [-0.3, -0.25) is 4.79 Å². The zero-order valence-electron chi connectivity index (χ0n) is 10.4. The molecule has 0 bridgehead atoms. The first kappa shape index (κ1) is 13.1. The van der Waals surface area contributed by atoms with Crippen molar-refractivity contribution in [3.05, 3.63) is 59.4 Å². The highest BCUT2D eigenvalue weighted by Crippen LogP contribution is 2.20. The fourth-order valence-corrected chi connectivity index (χ4v) is 1.59. The molecule has 0 aliphatic heterocycles. The Morgan fingerprint density at radius 2 is 1.89 bits per heavy atom. The standard InChI is InChI=1S/C15H13FO3/c1-18-13-5-2-11(3-6-13)10-19-15-8-12(9-17)4-7-14(15)16/h2-9H,10H2,1H3. The lowest BCUT2D eigenvalue weighted by molar-refractivity contribution is 0.112. The summed E-state index contributed by atoms with van der Waals surface area (Å²) in [5.74, 6) is 0.331. The Morgan fingerprint density at radius 3 is 2.53 bits per heavy atom. The third-order valence-electron chi connectivity index (χ3n) is 2.64. The van der Waals surface area contributed by atoms with Crippen molar-refractivity contribution in [1.29, 1.82) is 0 Å². The summed E-state index contributed by atoms with van der Waals surface area (Å²) in [6.07, 6.45) is 0.652. The van der Waals surface area contributed by atoms with Gasteiger partial charge in [-0.25, -0.2) is 4.39 Å². The zero-order valence-corrected chi connectivity index (χ0v) is 10.4. The summed E-state index contributed by atoms with van der Waals surface area (Å²) >= 11 is 0. The van der Waals surface area contributed by atoms with Gasteiger partial charge in [-0.1, -0.05) is 12.1 Å². The molecule has 0 unspecified atom stereocenters. The number of carbonyl (C=O) groups is 1. The molecular formula is C15H13FO3. The molecule has 4 heteroatoms. The van der Waals surface area contributed by atoms with Gasteiger partial charge in [0.15, 0.2) is 11.6 Å². The lowest BCUT2D eigenvalue weighted by Gasteiger charge is -2.08. The van der Waals surface area contributed by atoms with Crippen LogP contribution < -0.4 is 9.47 Å². The Labute approximate surface area is 110 Å². The average molecular weight is 260 g/mol. The van der Waals surface area contributed by atoms with E-state index in [1.165, 1.54) is 18.2 Å². The van der Waals surface area contributed by atoms with Crippen LogP contribution in [-0.4, -0.2) is 13.4 Å². The van der Waals surface area contributed by atoms with Gasteiger partial charge in [-0.05, 0) is 35.9 Å². The van der Waals surface area contributed by atoms with Gasteiger partial charge in [0.05, 0.1) is 7.11 Å². The Hall–Kier alpha value is -2.36. The Balaban J connectivity index is 2.07. The lowest BCUT2D eigenvalue weighted by Crippen LogP contribution is -1.98. The summed E-state index contributed by atoms with van der Waals surface area (Å²) in [7, 11) is 1.59. The largest absolute Gasteiger partial charge is 0.497 e. The van der Waals surface area contributed by atoms with Crippen molar-refractivity contribution in [2.24, 2.45) is 0 Å². The molecular weight excluding hydrogens is 247 g/mol. The van der Waals surface area contributed by atoms with Crippen LogP contribution in [0.25, 0.3) is 0 Å². The van der Waals surface area contributed by atoms with Crippen LogP contribution in [0.1, 0.15) is 15.9 Å². The fraction of sp³-hybridized carbons (Fsp3) is 0.133. The van der Waals surface area contributed by atoms with Gasteiger partial charge in [0.25, 0.3) is 0 Å². The minimum atomic E-state index is -0.487. The molecule has 0 aliphatic carbocycles. The van der Waals surface area contributed by atoms with Crippen LogP contribution >= 0.6 is 0 Å². The Morgan fingerprint density at radius 1 is 1.16 bits per heavy atom. The van der Waals surface area contributed by atoms with Crippen LogP contribution in [0.4, 0.5) is 4.39 Å². The number of halogens is 1. The van der Waals surface area contributed by atoms with Gasteiger partial charge < -0.3 is 9.47 Å². The summed E-state index contributed by atoms with van der Waals surface area (Å²) < 4.78 is 23.9. The van der Waals surface area contributed by atoms with E-state index in [9.17, 15) is 9.18 Å². The number of benzene rings is 2. The second-order valence-electron chi connectivity index (χ2n) is 3.94. The van der Waals surface area contributed by atoms with Crippen molar-refractivity contribution in [3.8, 4) is 11.5 Å². The van der Waals surface area contributed by atoms with Crippen molar-refractivity contribution in [2.75, 3.05) is 7.11 Å². The number of methoxy groups -OCH3 is 1. The van der Waals surface area contributed by atoms with E-state index in [1.54, 1.807) is 19.2 Å². The van der Waals surface area contributed by atoms with Gasteiger partial charge in [-0.15, -0.1) is 0 Å². The van der Waals surface area contributed by atoms with Gasteiger partial charge in [0, 0.05) is 5.56 Å². The predicted molar refractivity (Wildman–Crippen MR) is 69.1 cm³/mol. The van der Waals surface area contributed by atoms with E-state index < -0.39 is 5.82 Å². The SMILES string of the molecule is COc1ccc(COc2cc(C=O)ccc2F)cc1. The van der Waals surface area contributed by atoms with Crippen molar-refractivity contribution >= 4 is 6.29 Å². The third kappa shape index (κ3) is 3.31. The number of aldehydes is 1. The lowest BCUT2D eigenvalue weighted by atomic mass is 10.2. The number of hydrogen-bond donors (Lipinski definition) is 0. The molecule has 0 saturated carbocycles. The molecule has 2 aromatic rings. The normalized spacial score (nSPS) is 10.0. The highest BCUT2D eigenvalue weighted by atomic mass is 19.1. The van der Waals surface area contributed by atoms with Gasteiger partial charge >= 0.3 is 0 Å². The topological polar surface area (TPSA) is 35.5 Å². The molecule has 0 heterocycles. The molecule has 0 amide bonds. The highest BCUT2D eigenvalue weighted by molar-refractivity contribution is 5.75. The second-order valence-corrected chi connectivity index (χ2v) is 3.94. The monoisotopic (exact) mass is 260 g/mol. The highest BCUT2D eigenvalue weighted by Gasteiger charge is 2.05. The molecule has 0 aliphatic rings. The quantitative estimate of drug-likeness (QED) is 0.774. The number of carbonyl (C=O) groups excluding carboxylic acids is 1. The third-order valence-corrected chi connectivity index (χ3v) is 2.64. The first-order valence-electron chi connectivity index (χ1n) is 5.73. The minimum Gasteiger partial charge on any atom is -0.497 e. The van der Waals surface area contributed by atoms with Gasteiger partial charge in [0.2, 0.25) is 0 Å². The molecule has 2 aromatic carbocycles. The van der Waals surface area contributed by atoms with E-state index >= 15 is 0 Å². The molecule has 3 nitrogen and oxygen atoms in total. The summed E-state index contributed by atoms with van der Waals surface area (Å²) in [4.78, 5) is 10.6. The average Bonchev–Trinajstić information content (AvgIpc) is 2.47. The summed E-state index contributed by atoms with van der Waals surface area (Å²) in [5, 5.41) is 0. The second kappa shape index (κ2) is 6.00. The van der Waals surface area contributed by atoms with Crippen LogP contribution in [0.2, 0.25) is 0 Å². The molecule has 0 atom stereocenters. The molecule has 0 N–H and O–H groups in total. The minimum absolute atomic E-state index is 0.0698. The summed E-state index contributed by atoms with van der Waals surface area (Å²) in [6, 6.07) is 11.3. The maximum Gasteiger partial charge on any atom is 0.165 e. The van der Waals surface area contributed by atoms with E-state index in [0.717, 1.165) is 11.3 Å². The number of hydrogen-bond acceptors (Lipinski definition) is 3. The van der Waals surface area contributed by atoms with E-state index in [2.05, 4.69) is 0 Å². The number of rotatable bonds is 5. The molecule has 19 heavy (non-hydrogen) atoms. The van der Waals surface area contributed by atoms with Crippen LogP contribution in [0, 0.1) is 5.82 Å². The molecule has 98 valence electrons. The molecule has 0 spiro atoms. The smallest absolute Gasteiger partial charge is 0.165 e. The fourth-order valence-electron chi connectivity index (χ4n) is 1.59. The number of ether oxygens (including phenoxy) is 2. The first-order chi connectivity index (χ1) is 9.22. The van der Waals surface area contributed by atoms with E-state index in [4.69, 9.17) is 9.47 Å². The van der Waals surface area contributed by atoms with Crippen LogP contribution in [0.5, 0.6) is 11.5 Å². The zero-order chi connectivity index (χ0) is 13.7. The van der Waals surface area contributed by atoms with Crippen molar-refractivity contribution < 1.29 is 18.7 Å². The van der Waals surface area contributed by atoms with Crippen LogP contribution in [0.3, 0.4) is 0 Å². The molecule has 0 fully saturated rings. The van der Waals surface area contributed by atoms with Crippen LogP contribution in [-0.2, 0) is 6.61 Å². The van der Waals surface area contributed by atoms with Crippen LogP contribution in [0.15, 0.2) is 42.5 Å². The molecule has 2 rings (SSSR count). The summed E-state index contributed by atoms with van der Waals surface area (Å²) in [5.41, 5.74) is 1.27. The van der Waals surface area contributed by atoms with E-state index in [-0.39, 0.29) is 12.4 Å². The van der Waals surface area contributed by atoms with Crippen molar-refractivity contribution in [3.63, 3.8) is 0 Å². The first-order valence-corrected chi connectivity index (χ1v) is 5.73. The van der Waals surface area contributed by atoms with Crippen molar-refractivity contribution in [2.45, 2.75) is 6.61 Å². The van der Waals surface area contributed by atoms with Gasteiger partial charge in [-0.2, -0.15) is 0 Å². The maximum absolute atomic E-state index is 13.5. The molecule has 0 aromatic heterocycles. The maximum atomic E-state index is 13.5. The van der Waals surface area contributed by atoms with E-state index in [1.807, 2.05) is 12.1 Å². The van der Waals surface area contributed by atoms with Crippen molar-refractivity contribution in [1.82, 2.24) is 0 Å².